The van der Waals surface area contributed by atoms with E-state index in [1.54, 1.807) is 0 Å². The van der Waals surface area contributed by atoms with Crippen molar-refractivity contribution in [2.75, 3.05) is 13.2 Å². The van der Waals surface area contributed by atoms with E-state index in [2.05, 4.69) is 37.3 Å². The molecule has 0 bridgehead atoms. The van der Waals surface area contributed by atoms with E-state index < -0.39 is 0 Å². The van der Waals surface area contributed by atoms with Gasteiger partial charge in [0.15, 0.2) is 0 Å². The summed E-state index contributed by atoms with van der Waals surface area (Å²) in [6.07, 6.45) is 12.7. The number of ether oxygens (including phenoxy) is 1. The fourth-order valence-corrected chi connectivity index (χ4v) is 1.07. The summed E-state index contributed by atoms with van der Waals surface area (Å²) in [5.41, 5.74) is 1.29. The molecule has 0 saturated carbocycles. The van der Waals surface area contributed by atoms with Gasteiger partial charge >= 0.3 is 0 Å². The Kier molecular flexibility index (Phi) is 18.2. The second-order valence-electron chi connectivity index (χ2n) is 2.85. The Hall–Kier alpha value is -0.820. The van der Waals surface area contributed by atoms with Gasteiger partial charge in [-0.2, -0.15) is 0 Å². The molecule has 0 fully saturated rings. The molecule has 0 spiro atoms. The van der Waals surface area contributed by atoms with Crippen LogP contribution >= 0.6 is 0 Å². The maximum atomic E-state index is 5.43. The maximum Gasteiger partial charge on any atom is 0.0713 e. The van der Waals surface area contributed by atoms with Gasteiger partial charge in [0.2, 0.25) is 0 Å². The van der Waals surface area contributed by atoms with Crippen molar-refractivity contribution in [3.63, 3.8) is 0 Å². The monoisotopic (exact) mass is 224 g/mol. The first kappa shape index (κ1) is 17.6. The summed E-state index contributed by atoms with van der Waals surface area (Å²) in [6, 6.07) is 0. The van der Waals surface area contributed by atoms with Crippen molar-refractivity contribution in [3.05, 3.63) is 36.0 Å². The minimum atomic E-state index is 0.756. The predicted octanol–water partition coefficient (Wildman–Crippen LogP) is 4.91. The zero-order chi connectivity index (χ0) is 12.6. The Labute approximate surface area is 102 Å². The molecule has 94 valence electrons. The summed E-state index contributed by atoms with van der Waals surface area (Å²) in [5, 5.41) is 0. The molecule has 0 radical (unpaired) electrons. The third kappa shape index (κ3) is 11.3. The van der Waals surface area contributed by atoms with E-state index in [4.69, 9.17) is 4.74 Å². The summed E-state index contributed by atoms with van der Waals surface area (Å²) in [6.45, 7) is 11.7. The van der Waals surface area contributed by atoms with Gasteiger partial charge in [0.05, 0.1) is 6.61 Å². The maximum absolute atomic E-state index is 5.43. The zero-order valence-electron chi connectivity index (χ0n) is 11.6. The summed E-state index contributed by atoms with van der Waals surface area (Å²) in [5.74, 6) is 0. The van der Waals surface area contributed by atoms with E-state index in [-0.39, 0.29) is 0 Å². The molecule has 0 amide bonds. The highest BCUT2D eigenvalue weighted by Gasteiger charge is 1.93. The Morgan fingerprint density at radius 2 is 1.81 bits per heavy atom. The van der Waals surface area contributed by atoms with Gasteiger partial charge < -0.3 is 4.74 Å². The van der Waals surface area contributed by atoms with E-state index in [0.717, 1.165) is 26.1 Å². The summed E-state index contributed by atoms with van der Waals surface area (Å²) >= 11 is 0. The topological polar surface area (TPSA) is 9.23 Å². The lowest BCUT2D eigenvalue weighted by atomic mass is 10.2. The highest BCUT2D eigenvalue weighted by Crippen LogP contribution is 2.05. The van der Waals surface area contributed by atoms with Crippen LogP contribution in [0.4, 0.5) is 0 Å². The number of hydrogen-bond acceptors (Lipinski definition) is 1. The third-order valence-electron chi connectivity index (χ3n) is 1.69. The highest BCUT2D eigenvalue weighted by molar-refractivity contribution is 5.26. The minimum absolute atomic E-state index is 0.756. The van der Waals surface area contributed by atoms with E-state index in [9.17, 15) is 0 Å². The molecule has 0 atom stereocenters. The van der Waals surface area contributed by atoms with Crippen LogP contribution in [0.1, 0.15) is 47.5 Å². The first-order chi connectivity index (χ1) is 7.93. The Morgan fingerprint density at radius 1 is 1.12 bits per heavy atom. The van der Waals surface area contributed by atoms with Crippen molar-refractivity contribution in [2.45, 2.75) is 47.5 Å². The molecule has 0 heterocycles. The van der Waals surface area contributed by atoms with E-state index >= 15 is 0 Å². The first-order valence-electron chi connectivity index (χ1n) is 6.53. The van der Waals surface area contributed by atoms with Gasteiger partial charge in [-0.25, -0.2) is 0 Å². The molecule has 0 unspecified atom stereocenters. The van der Waals surface area contributed by atoms with Gasteiger partial charge in [0.25, 0.3) is 0 Å². The lowest BCUT2D eigenvalue weighted by Crippen LogP contribution is -1.97. The fraction of sp³-hybridized carbons (Fsp3) is 0.600. The molecule has 0 saturated heterocycles. The average molecular weight is 224 g/mol. The molecule has 16 heavy (non-hydrogen) atoms. The van der Waals surface area contributed by atoms with Crippen molar-refractivity contribution in [2.24, 2.45) is 0 Å². The van der Waals surface area contributed by atoms with Crippen molar-refractivity contribution in [1.29, 1.82) is 0 Å². The minimum Gasteiger partial charge on any atom is -0.377 e. The molecule has 0 N–H and O–H groups in total. The molecule has 0 aromatic heterocycles. The van der Waals surface area contributed by atoms with Crippen molar-refractivity contribution < 1.29 is 4.74 Å². The molecule has 0 aromatic rings. The summed E-state index contributed by atoms with van der Waals surface area (Å²) in [4.78, 5) is 0. The second kappa shape index (κ2) is 16.6. The summed E-state index contributed by atoms with van der Waals surface area (Å²) < 4.78 is 5.43. The van der Waals surface area contributed by atoms with E-state index in [1.807, 2.05) is 27.7 Å². The van der Waals surface area contributed by atoms with Gasteiger partial charge in [-0.1, -0.05) is 65.0 Å². The molecule has 1 aliphatic rings. The lowest BCUT2D eigenvalue weighted by Gasteiger charge is -2.02. The first-order valence-corrected chi connectivity index (χ1v) is 6.53. The van der Waals surface area contributed by atoms with Crippen LogP contribution in [0.2, 0.25) is 0 Å². The Morgan fingerprint density at radius 3 is 2.44 bits per heavy atom. The Bertz CT molecular complexity index is 199. The normalized spacial score (nSPS) is 12.7. The smallest absolute Gasteiger partial charge is 0.0713 e. The van der Waals surface area contributed by atoms with Crippen LogP contribution in [0, 0.1) is 0 Å². The van der Waals surface area contributed by atoms with Crippen LogP contribution in [0.25, 0.3) is 0 Å². The van der Waals surface area contributed by atoms with Crippen LogP contribution in [-0.2, 0) is 4.74 Å². The van der Waals surface area contributed by atoms with Crippen LogP contribution in [0.5, 0.6) is 0 Å². The summed E-state index contributed by atoms with van der Waals surface area (Å²) in [7, 11) is 0. The van der Waals surface area contributed by atoms with Gasteiger partial charge in [0.1, 0.15) is 0 Å². The molecule has 0 aliphatic heterocycles. The van der Waals surface area contributed by atoms with Gasteiger partial charge in [-0.3, -0.25) is 0 Å². The largest absolute Gasteiger partial charge is 0.377 e. The highest BCUT2D eigenvalue weighted by atomic mass is 16.5. The van der Waals surface area contributed by atoms with E-state index in [1.165, 1.54) is 5.57 Å². The molecule has 1 rings (SSSR count). The quantitative estimate of drug-likeness (QED) is 0.617. The molecule has 1 heteroatoms. The van der Waals surface area contributed by atoms with Gasteiger partial charge in [-0.05, 0) is 18.4 Å². The zero-order valence-corrected chi connectivity index (χ0v) is 11.6. The Balaban J connectivity index is 0. The van der Waals surface area contributed by atoms with Crippen LogP contribution in [-0.4, -0.2) is 13.2 Å². The van der Waals surface area contributed by atoms with Crippen molar-refractivity contribution in [3.8, 4) is 0 Å². The molecule has 1 aliphatic carbocycles. The standard InChI is InChI=1S/C11H16O.2C2H6/c1-2-9-12-10-11-7-5-3-4-6-8-11;2*1-2/h3-5,7-8H,2,6,9-10H2,1H3;2*1-2H3. The lowest BCUT2D eigenvalue weighted by molar-refractivity contribution is 0.158. The molecular weight excluding hydrogens is 196 g/mol. The number of rotatable bonds is 4. The number of hydrogen-bond donors (Lipinski definition) is 0. The van der Waals surface area contributed by atoms with Crippen LogP contribution < -0.4 is 0 Å². The van der Waals surface area contributed by atoms with E-state index in [0.29, 0.717) is 0 Å². The third-order valence-corrected chi connectivity index (χ3v) is 1.69. The fourth-order valence-electron chi connectivity index (χ4n) is 1.07. The van der Waals surface area contributed by atoms with Crippen molar-refractivity contribution in [1.82, 2.24) is 0 Å². The SMILES string of the molecule is CC.CC.CCCOCC1=CCC=CC=C1. The molecule has 1 nitrogen and oxygen atoms in total. The molecule has 0 aromatic carbocycles. The second-order valence-corrected chi connectivity index (χ2v) is 2.85. The number of allylic oxidation sites excluding steroid dienone is 4. The average Bonchev–Trinajstić information content (AvgIpc) is 2.63. The van der Waals surface area contributed by atoms with Gasteiger partial charge in [0, 0.05) is 6.61 Å². The van der Waals surface area contributed by atoms with Crippen molar-refractivity contribution >= 4 is 0 Å². The van der Waals surface area contributed by atoms with Crippen LogP contribution in [0.15, 0.2) is 36.0 Å². The van der Waals surface area contributed by atoms with Gasteiger partial charge in [-0.15, -0.1) is 0 Å². The predicted molar refractivity (Wildman–Crippen MR) is 74.8 cm³/mol. The van der Waals surface area contributed by atoms with Crippen LogP contribution in [0.3, 0.4) is 0 Å². The molecular formula is C15H28O.